The van der Waals surface area contributed by atoms with Crippen molar-refractivity contribution in [2.24, 2.45) is 0 Å². The zero-order chi connectivity index (χ0) is 10.7. The van der Waals surface area contributed by atoms with E-state index in [1.54, 1.807) is 19.1 Å². The van der Waals surface area contributed by atoms with Crippen molar-refractivity contribution < 1.29 is 8.78 Å². The Kier molecular flexibility index (Phi) is 12.8. The number of hydrogen-bond donors (Lipinski definition) is 0. The van der Waals surface area contributed by atoms with Gasteiger partial charge in [-0.1, -0.05) is 36.9 Å². The fraction of sp³-hybridized carbons (Fsp3) is 0.400. The molecule has 0 atom stereocenters. The average Bonchev–Trinajstić information content (AvgIpc) is 2.15. The van der Waals surface area contributed by atoms with Gasteiger partial charge in [-0.25, -0.2) is 0 Å². The smallest absolute Gasteiger partial charge is 0.198 e. The average molecular weight is 204 g/mol. The first-order valence-corrected chi connectivity index (χ1v) is 4.69. The predicted molar refractivity (Wildman–Crippen MR) is 56.7 cm³/mol. The van der Waals surface area contributed by atoms with Gasteiger partial charge < -0.3 is 0 Å². The minimum Gasteiger partial charge on any atom is -0.198 e. The molecule has 0 nitrogen and oxygen atoms in total. The lowest BCUT2D eigenvalue weighted by Gasteiger charge is -1.98. The molecule has 0 N–H and O–H groups in total. The summed E-state index contributed by atoms with van der Waals surface area (Å²) in [4.78, 5) is 0.627. The molecule has 0 aliphatic carbocycles. The van der Waals surface area contributed by atoms with Crippen LogP contribution in [0, 0.1) is 12.8 Å². The molecule has 13 heavy (non-hydrogen) atoms. The maximum atomic E-state index is 11.8. The second-order valence-corrected chi connectivity index (χ2v) is 2.94. The Balaban J connectivity index is 0. The molecule has 0 spiro atoms. The van der Waals surface area contributed by atoms with E-state index in [0.717, 1.165) is 6.42 Å². The highest BCUT2D eigenvalue weighted by molar-refractivity contribution is 8.03. The Morgan fingerprint density at radius 2 is 2.00 bits per heavy atom. The van der Waals surface area contributed by atoms with Crippen molar-refractivity contribution in [3.8, 4) is 12.8 Å². The first-order chi connectivity index (χ1) is 6.20. The lowest BCUT2D eigenvalue weighted by Crippen LogP contribution is -1.80. The van der Waals surface area contributed by atoms with Crippen LogP contribution in [0.5, 0.6) is 0 Å². The van der Waals surface area contributed by atoms with Crippen LogP contribution in [0.25, 0.3) is 0 Å². The van der Waals surface area contributed by atoms with Crippen molar-refractivity contribution >= 4 is 11.8 Å². The third-order valence-corrected chi connectivity index (χ3v) is 1.85. The van der Waals surface area contributed by atoms with E-state index in [1.807, 2.05) is 13.0 Å². The van der Waals surface area contributed by atoms with Gasteiger partial charge in [-0.2, -0.15) is 8.78 Å². The molecule has 0 radical (unpaired) electrons. The van der Waals surface area contributed by atoms with E-state index >= 15 is 0 Å². The van der Waals surface area contributed by atoms with Crippen molar-refractivity contribution in [3.63, 3.8) is 0 Å². The molecule has 0 aliphatic heterocycles. The highest BCUT2D eigenvalue weighted by atomic mass is 32.2. The second-order valence-electron chi connectivity index (χ2n) is 1.88. The maximum Gasteiger partial charge on any atom is 0.288 e. The molecule has 74 valence electrons. The fourth-order valence-electron chi connectivity index (χ4n) is 0.540. The lowest BCUT2D eigenvalue weighted by molar-refractivity contribution is 0.253. The van der Waals surface area contributed by atoms with E-state index in [4.69, 9.17) is 0 Å². The van der Waals surface area contributed by atoms with Crippen molar-refractivity contribution in [2.75, 3.05) is 0 Å². The van der Waals surface area contributed by atoms with Crippen LogP contribution in [0.3, 0.4) is 0 Å². The van der Waals surface area contributed by atoms with E-state index in [2.05, 4.69) is 12.8 Å². The number of alkyl halides is 2. The van der Waals surface area contributed by atoms with Gasteiger partial charge >= 0.3 is 0 Å². The topological polar surface area (TPSA) is 0 Å². The fourth-order valence-corrected chi connectivity index (χ4v) is 1.06. The van der Waals surface area contributed by atoms with Crippen LogP contribution in [-0.2, 0) is 0 Å². The van der Waals surface area contributed by atoms with Gasteiger partial charge in [-0.15, -0.1) is 12.8 Å². The summed E-state index contributed by atoms with van der Waals surface area (Å²) in [6.07, 6.45) is 14.1. The standard InChI is InChI=1S/C8H12F2S.C2H2/c1-3-5-6-7(4-2)11-8(9)10;1-2/h4-6,8H,3H2,1-2H3;1-2H/b6-5-,7-4+;. The molecule has 0 saturated carbocycles. The summed E-state index contributed by atoms with van der Waals surface area (Å²) in [5, 5.41) is 0. The third-order valence-electron chi connectivity index (χ3n) is 1.03. The second kappa shape index (κ2) is 11.2. The van der Waals surface area contributed by atoms with Gasteiger partial charge in [0, 0.05) is 4.91 Å². The van der Waals surface area contributed by atoms with Crippen LogP contribution in [-0.4, -0.2) is 5.76 Å². The number of hydrogen-bond acceptors (Lipinski definition) is 1. The quantitative estimate of drug-likeness (QED) is 0.491. The molecular formula is C10H14F2S. The lowest BCUT2D eigenvalue weighted by atomic mass is 10.4. The van der Waals surface area contributed by atoms with E-state index in [1.165, 1.54) is 0 Å². The molecule has 0 aromatic heterocycles. The maximum absolute atomic E-state index is 11.8. The van der Waals surface area contributed by atoms with Crippen molar-refractivity contribution in [1.82, 2.24) is 0 Å². The molecule has 0 heterocycles. The molecule has 0 amide bonds. The number of terminal acetylenes is 1. The van der Waals surface area contributed by atoms with Crippen molar-refractivity contribution in [3.05, 3.63) is 23.1 Å². The van der Waals surface area contributed by atoms with Gasteiger partial charge in [-0.3, -0.25) is 0 Å². The van der Waals surface area contributed by atoms with Gasteiger partial charge in [0.05, 0.1) is 0 Å². The van der Waals surface area contributed by atoms with E-state index in [9.17, 15) is 8.78 Å². The Bertz CT molecular complexity index is 181. The van der Waals surface area contributed by atoms with Crippen LogP contribution >= 0.6 is 11.8 Å². The van der Waals surface area contributed by atoms with Crippen LogP contribution in [0.2, 0.25) is 0 Å². The van der Waals surface area contributed by atoms with Gasteiger partial charge in [-0.05, 0) is 13.3 Å². The van der Waals surface area contributed by atoms with Crippen LogP contribution in [0.15, 0.2) is 23.1 Å². The van der Waals surface area contributed by atoms with E-state index in [0.29, 0.717) is 16.7 Å². The minimum atomic E-state index is -2.32. The Morgan fingerprint density at radius 3 is 2.31 bits per heavy atom. The predicted octanol–water partition coefficient (Wildman–Crippen LogP) is 4.06. The van der Waals surface area contributed by atoms with Gasteiger partial charge in [0.1, 0.15) is 0 Å². The number of rotatable bonds is 4. The summed E-state index contributed by atoms with van der Waals surface area (Å²) in [6.45, 7) is 3.72. The monoisotopic (exact) mass is 204 g/mol. The minimum absolute atomic E-state index is 0.580. The Morgan fingerprint density at radius 1 is 1.46 bits per heavy atom. The molecule has 0 aromatic carbocycles. The summed E-state index contributed by atoms with van der Waals surface area (Å²) in [7, 11) is 0. The van der Waals surface area contributed by atoms with Gasteiger partial charge in [0.25, 0.3) is 5.76 Å². The Hall–Kier alpha value is -0.750. The molecule has 0 aliphatic rings. The van der Waals surface area contributed by atoms with E-state index < -0.39 is 5.76 Å². The molecule has 0 saturated heterocycles. The molecular weight excluding hydrogens is 190 g/mol. The largest absolute Gasteiger partial charge is 0.288 e. The third kappa shape index (κ3) is 11.2. The molecule has 0 bridgehead atoms. The first-order valence-electron chi connectivity index (χ1n) is 3.81. The Labute approximate surface area is 83.1 Å². The molecule has 3 heteroatoms. The first kappa shape index (κ1) is 14.8. The number of halogens is 2. The summed E-state index contributed by atoms with van der Waals surface area (Å²) < 4.78 is 23.6. The van der Waals surface area contributed by atoms with Crippen LogP contribution < -0.4 is 0 Å². The molecule has 0 fully saturated rings. The SMILES string of the molecule is C#C.C/C=C(\C=C/CC)SC(F)F. The highest BCUT2D eigenvalue weighted by Crippen LogP contribution is 2.24. The zero-order valence-corrected chi connectivity index (χ0v) is 8.65. The van der Waals surface area contributed by atoms with Crippen molar-refractivity contribution in [1.29, 1.82) is 0 Å². The van der Waals surface area contributed by atoms with Crippen LogP contribution in [0.4, 0.5) is 8.78 Å². The zero-order valence-electron chi connectivity index (χ0n) is 7.84. The van der Waals surface area contributed by atoms with Gasteiger partial charge in [0.2, 0.25) is 0 Å². The van der Waals surface area contributed by atoms with Gasteiger partial charge in [0.15, 0.2) is 0 Å². The van der Waals surface area contributed by atoms with E-state index in [-0.39, 0.29) is 0 Å². The summed E-state index contributed by atoms with van der Waals surface area (Å²) in [5.41, 5.74) is 0. The summed E-state index contributed by atoms with van der Waals surface area (Å²) >= 11 is 0.580. The van der Waals surface area contributed by atoms with Crippen LogP contribution in [0.1, 0.15) is 20.3 Å². The highest BCUT2D eigenvalue weighted by Gasteiger charge is 2.03. The number of allylic oxidation sites excluding steroid dienone is 3. The molecule has 0 rings (SSSR count). The van der Waals surface area contributed by atoms with Crippen molar-refractivity contribution in [2.45, 2.75) is 26.0 Å². The normalized spacial score (nSPS) is 11.5. The molecule has 0 aromatic rings. The number of thioether (sulfide) groups is 1. The summed E-state index contributed by atoms with van der Waals surface area (Å²) in [6, 6.07) is 0. The summed E-state index contributed by atoms with van der Waals surface area (Å²) in [5.74, 6) is -2.32. The molecule has 0 unspecified atom stereocenters.